The fourth-order valence-corrected chi connectivity index (χ4v) is 6.33. The van der Waals surface area contributed by atoms with Gasteiger partial charge in [-0.3, -0.25) is 24.3 Å². The Morgan fingerprint density at radius 2 is 1.97 bits per heavy atom. The van der Waals surface area contributed by atoms with Crippen molar-refractivity contribution in [1.82, 2.24) is 35.4 Å². The van der Waals surface area contributed by atoms with Gasteiger partial charge in [-0.05, 0) is 28.1 Å². The summed E-state index contributed by atoms with van der Waals surface area (Å²) in [4.78, 5) is 53.9. The molecule has 0 aromatic carbocycles. The third kappa shape index (κ3) is 5.18. The van der Waals surface area contributed by atoms with Crippen LogP contribution in [-0.4, -0.2) is 92.7 Å². The molecule has 178 valence electrons. The molecule has 2 aromatic rings. The summed E-state index contributed by atoms with van der Waals surface area (Å²) >= 11 is 3.74. The fourth-order valence-electron chi connectivity index (χ4n) is 3.27. The number of carbonyl (C=O) groups excluding carboxylic acids is 2. The summed E-state index contributed by atoms with van der Waals surface area (Å²) < 4.78 is 1.09. The molecule has 13 nitrogen and oxygen atoms in total. The quantitative estimate of drug-likeness (QED) is 0.275. The van der Waals surface area contributed by atoms with E-state index in [1.54, 1.807) is 24.5 Å². The first-order chi connectivity index (χ1) is 16.3. The number of hydrogen-bond acceptors (Lipinski definition) is 11. The van der Waals surface area contributed by atoms with E-state index in [0.717, 1.165) is 21.3 Å². The van der Waals surface area contributed by atoms with Crippen molar-refractivity contribution in [2.24, 2.45) is 0 Å². The monoisotopic (exact) mass is 523 g/mol. The van der Waals surface area contributed by atoms with Crippen molar-refractivity contribution in [3.05, 3.63) is 35.8 Å². The van der Waals surface area contributed by atoms with E-state index in [2.05, 4.69) is 25.8 Å². The molecule has 1 saturated heterocycles. The van der Waals surface area contributed by atoms with Gasteiger partial charge in [0, 0.05) is 28.8 Å². The van der Waals surface area contributed by atoms with Gasteiger partial charge in [-0.1, -0.05) is 11.8 Å². The van der Waals surface area contributed by atoms with Crippen molar-refractivity contribution >= 4 is 59.0 Å². The second-order valence-corrected chi connectivity index (χ2v) is 10.1. The largest absolute Gasteiger partial charge is 0.480 e. The highest BCUT2D eigenvalue weighted by molar-refractivity contribution is 8.01. The van der Waals surface area contributed by atoms with Crippen LogP contribution in [0.1, 0.15) is 0 Å². The van der Waals surface area contributed by atoms with E-state index >= 15 is 0 Å². The number of tetrazole rings is 1. The second kappa shape index (κ2) is 10.4. The zero-order valence-electron chi connectivity index (χ0n) is 17.2. The minimum absolute atomic E-state index is 0.111. The molecule has 2 amide bonds. The Bertz CT molecular complexity index is 1160. The molecule has 0 spiro atoms. The van der Waals surface area contributed by atoms with Gasteiger partial charge >= 0.3 is 11.9 Å². The SMILES string of the molecule is O=C(O)Cn1nnnc1SCC1=C(C(=O)O)N2C(=O)C(NC(=O)CSc3ccncc3)[C@H]2SC1. The van der Waals surface area contributed by atoms with E-state index < -0.39 is 35.8 Å². The molecule has 2 aromatic heterocycles. The molecular weight excluding hydrogens is 506 g/mol. The van der Waals surface area contributed by atoms with Crippen LogP contribution in [0, 0.1) is 0 Å². The number of rotatable bonds is 10. The lowest BCUT2D eigenvalue weighted by molar-refractivity contribution is -0.150. The highest BCUT2D eigenvalue weighted by Crippen LogP contribution is 2.41. The minimum Gasteiger partial charge on any atom is -0.480 e. The third-order valence-corrected chi connectivity index (χ3v) is 8.14. The van der Waals surface area contributed by atoms with Crippen LogP contribution in [0.2, 0.25) is 0 Å². The molecule has 0 radical (unpaired) electrons. The Morgan fingerprint density at radius 1 is 1.21 bits per heavy atom. The van der Waals surface area contributed by atoms with Crippen molar-refractivity contribution < 1.29 is 29.4 Å². The molecule has 0 bridgehead atoms. The lowest BCUT2D eigenvalue weighted by atomic mass is 10.0. The maximum absolute atomic E-state index is 12.8. The number of carboxylic acids is 2. The topological polar surface area (TPSA) is 180 Å². The van der Waals surface area contributed by atoms with Crippen molar-refractivity contribution in [2.45, 2.75) is 28.0 Å². The molecule has 16 heteroatoms. The number of nitrogens with one attached hydrogen (secondary N) is 1. The molecule has 34 heavy (non-hydrogen) atoms. The lowest BCUT2D eigenvalue weighted by Crippen LogP contribution is -2.70. The van der Waals surface area contributed by atoms with Crippen LogP contribution < -0.4 is 5.32 Å². The molecule has 2 aliphatic rings. The average Bonchev–Trinajstić information content (AvgIpc) is 3.25. The number of fused-ring (bicyclic) bond motifs is 1. The molecule has 2 atom stereocenters. The summed E-state index contributed by atoms with van der Waals surface area (Å²) in [5, 5.41) is 31.9. The van der Waals surface area contributed by atoms with Crippen LogP contribution in [-0.2, 0) is 25.7 Å². The Labute approximate surface area is 204 Å². The van der Waals surface area contributed by atoms with E-state index in [9.17, 15) is 24.3 Å². The van der Waals surface area contributed by atoms with Gasteiger partial charge in [-0.25, -0.2) is 9.48 Å². The van der Waals surface area contributed by atoms with Gasteiger partial charge in [0.2, 0.25) is 11.1 Å². The third-order valence-electron chi connectivity index (χ3n) is 4.75. The van der Waals surface area contributed by atoms with Crippen LogP contribution in [0.15, 0.2) is 45.8 Å². The normalized spacial score (nSPS) is 19.4. The number of β-lactam (4-membered cyclic amide) rings is 1. The van der Waals surface area contributed by atoms with Crippen LogP contribution >= 0.6 is 35.3 Å². The number of pyridine rings is 1. The van der Waals surface area contributed by atoms with Crippen molar-refractivity contribution in [3.63, 3.8) is 0 Å². The molecule has 4 rings (SSSR count). The second-order valence-electron chi connectivity index (χ2n) is 6.99. The number of aliphatic carboxylic acids is 2. The summed E-state index contributed by atoms with van der Waals surface area (Å²) in [5.41, 5.74) is 0.352. The molecule has 4 heterocycles. The van der Waals surface area contributed by atoms with Gasteiger partial charge in [0.1, 0.15) is 23.7 Å². The van der Waals surface area contributed by atoms with Crippen LogP contribution in [0.4, 0.5) is 0 Å². The number of amides is 2. The summed E-state index contributed by atoms with van der Waals surface area (Å²) in [7, 11) is 0. The van der Waals surface area contributed by atoms with Crippen LogP contribution in [0.3, 0.4) is 0 Å². The van der Waals surface area contributed by atoms with Crippen molar-refractivity contribution in [2.75, 3.05) is 17.3 Å². The number of carbonyl (C=O) groups is 4. The maximum Gasteiger partial charge on any atom is 0.352 e. The first-order valence-corrected chi connectivity index (χ1v) is 12.7. The van der Waals surface area contributed by atoms with Gasteiger partial charge in [0.15, 0.2) is 0 Å². The van der Waals surface area contributed by atoms with E-state index in [1.165, 1.54) is 28.4 Å². The van der Waals surface area contributed by atoms with Crippen molar-refractivity contribution in [3.8, 4) is 0 Å². The number of nitrogens with zero attached hydrogens (tertiary/aromatic N) is 6. The van der Waals surface area contributed by atoms with Crippen LogP contribution in [0.25, 0.3) is 0 Å². The highest BCUT2D eigenvalue weighted by atomic mass is 32.2. The predicted octanol–water partition coefficient (Wildman–Crippen LogP) is -0.224. The molecule has 2 aliphatic heterocycles. The summed E-state index contributed by atoms with van der Waals surface area (Å²) in [6.07, 6.45) is 3.24. The van der Waals surface area contributed by atoms with Gasteiger partial charge < -0.3 is 15.5 Å². The minimum atomic E-state index is -1.25. The Morgan fingerprint density at radius 3 is 2.68 bits per heavy atom. The highest BCUT2D eigenvalue weighted by Gasteiger charge is 2.54. The van der Waals surface area contributed by atoms with E-state index in [-0.39, 0.29) is 28.3 Å². The zero-order chi connectivity index (χ0) is 24.2. The number of carboxylic acid groups (broad SMARTS) is 2. The number of aromatic nitrogens is 5. The van der Waals surface area contributed by atoms with E-state index in [4.69, 9.17) is 5.11 Å². The van der Waals surface area contributed by atoms with E-state index in [1.807, 2.05) is 0 Å². The number of thioether (sulfide) groups is 3. The van der Waals surface area contributed by atoms with Gasteiger partial charge in [-0.2, -0.15) is 0 Å². The molecule has 0 aliphatic carbocycles. The summed E-state index contributed by atoms with van der Waals surface area (Å²) in [6, 6.07) is 2.74. The fraction of sp³-hybridized carbons (Fsp3) is 0.333. The van der Waals surface area contributed by atoms with Gasteiger partial charge in [0.25, 0.3) is 5.91 Å². The Hall–Kier alpha value is -3.11. The average molecular weight is 524 g/mol. The molecule has 1 unspecified atom stereocenters. The summed E-state index contributed by atoms with van der Waals surface area (Å²) in [5.74, 6) is -2.60. The molecule has 3 N–H and O–H groups in total. The first-order valence-electron chi connectivity index (χ1n) is 9.68. The Balaban J connectivity index is 1.39. The summed E-state index contributed by atoms with van der Waals surface area (Å²) in [6.45, 7) is -0.428. The van der Waals surface area contributed by atoms with Gasteiger partial charge in [0.05, 0.1) is 5.75 Å². The first kappa shape index (κ1) is 24.0. The molecular formula is C18H17N7O6S3. The lowest BCUT2D eigenvalue weighted by Gasteiger charge is -2.49. The standard InChI is InChI=1S/C18H17N7O6S3/c26-11(8-32-10-1-3-19-4-2-10)20-13-15(29)25-14(17(30)31)9(6-33-16(13)25)7-34-18-21-22-23-24(18)5-12(27)28/h1-4,13,16H,5-8H2,(H,20,26)(H,27,28)(H,30,31)/t13?,16-/m1/s1. The van der Waals surface area contributed by atoms with Crippen molar-refractivity contribution in [1.29, 1.82) is 0 Å². The molecule has 1 fully saturated rings. The Kier molecular flexibility index (Phi) is 7.38. The zero-order valence-corrected chi connectivity index (χ0v) is 19.7. The van der Waals surface area contributed by atoms with Crippen LogP contribution in [0.5, 0.6) is 0 Å². The predicted molar refractivity (Wildman–Crippen MR) is 121 cm³/mol. The van der Waals surface area contributed by atoms with Gasteiger partial charge in [-0.15, -0.1) is 28.6 Å². The van der Waals surface area contributed by atoms with E-state index in [0.29, 0.717) is 11.3 Å². The maximum atomic E-state index is 12.8. The molecule has 0 saturated carbocycles. The number of hydrogen-bond donors (Lipinski definition) is 3. The smallest absolute Gasteiger partial charge is 0.352 e.